The van der Waals surface area contributed by atoms with Crippen LogP contribution in [0.3, 0.4) is 0 Å². The molecule has 0 aliphatic heterocycles. The first-order chi connectivity index (χ1) is 12.1. The lowest BCUT2D eigenvalue weighted by molar-refractivity contribution is -0.122. The standard InChI is InChI=1S/C20H27N3O2/c1-15-22-18-12-8-7-11-17(18)20(25)23(15)14-19(24)21-13-16-9-5-3-2-4-6-10-16/h7-8,11-12,16H,2-6,9-10,13-14H2,1H3,(H,21,24). The van der Waals surface area contributed by atoms with E-state index in [1.54, 1.807) is 13.0 Å². The van der Waals surface area contributed by atoms with Gasteiger partial charge in [-0.25, -0.2) is 4.98 Å². The average Bonchev–Trinajstić information content (AvgIpc) is 2.57. The van der Waals surface area contributed by atoms with E-state index in [0.717, 1.165) is 0 Å². The summed E-state index contributed by atoms with van der Waals surface area (Å²) in [5.74, 6) is 1.03. The van der Waals surface area contributed by atoms with Gasteiger partial charge in [0.15, 0.2) is 0 Å². The van der Waals surface area contributed by atoms with Crippen LogP contribution in [-0.4, -0.2) is 22.0 Å². The highest BCUT2D eigenvalue weighted by Crippen LogP contribution is 2.21. The van der Waals surface area contributed by atoms with Crippen LogP contribution in [0.25, 0.3) is 10.9 Å². The number of hydrogen-bond acceptors (Lipinski definition) is 3. The molecule has 5 nitrogen and oxygen atoms in total. The van der Waals surface area contributed by atoms with E-state index in [1.165, 1.54) is 49.5 Å². The number of benzene rings is 1. The van der Waals surface area contributed by atoms with Crippen molar-refractivity contribution in [2.75, 3.05) is 6.54 Å². The number of rotatable bonds is 4. The topological polar surface area (TPSA) is 64.0 Å². The number of aromatic nitrogens is 2. The molecule has 0 spiro atoms. The molecule has 134 valence electrons. The van der Waals surface area contributed by atoms with Crippen molar-refractivity contribution in [2.45, 2.75) is 58.4 Å². The zero-order valence-corrected chi connectivity index (χ0v) is 15.0. The summed E-state index contributed by atoms with van der Waals surface area (Å²) in [6, 6.07) is 7.26. The van der Waals surface area contributed by atoms with Crippen LogP contribution in [0.2, 0.25) is 0 Å². The summed E-state index contributed by atoms with van der Waals surface area (Å²) >= 11 is 0. The maximum atomic E-state index is 12.6. The summed E-state index contributed by atoms with van der Waals surface area (Å²) in [5.41, 5.74) is 0.528. The average molecular weight is 341 g/mol. The van der Waals surface area contributed by atoms with Crippen LogP contribution in [0.4, 0.5) is 0 Å². The number of para-hydroxylation sites is 1. The van der Waals surface area contributed by atoms with E-state index < -0.39 is 0 Å². The van der Waals surface area contributed by atoms with Gasteiger partial charge in [0.05, 0.1) is 10.9 Å². The molecule has 5 heteroatoms. The van der Waals surface area contributed by atoms with Gasteiger partial charge in [-0.15, -0.1) is 0 Å². The van der Waals surface area contributed by atoms with Crippen molar-refractivity contribution in [1.29, 1.82) is 0 Å². The Balaban J connectivity index is 1.64. The number of carbonyl (C=O) groups excluding carboxylic acids is 1. The Morgan fingerprint density at radius 1 is 1.16 bits per heavy atom. The first kappa shape index (κ1) is 17.6. The molecule has 1 amide bonds. The number of aryl methyl sites for hydroxylation is 1. The summed E-state index contributed by atoms with van der Waals surface area (Å²) in [7, 11) is 0. The minimum Gasteiger partial charge on any atom is -0.354 e. The van der Waals surface area contributed by atoms with Gasteiger partial charge in [0.1, 0.15) is 12.4 Å². The molecule has 1 aromatic heterocycles. The molecule has 1 aliphatic carbocycles. The zero-order valence-electron chi connectivity index (χ0n) is 15.0. The molecule has 0 unspecified atom stereocenters. The molecule has 25 heavy (non-hydrogen) atoms. The van der Waals surface area contributed by atoms with Gasteiger partial charge in [-0.2, -0.15) is 0 Å². The molecule has 1 saturated carbocycles. The van der Waals surface area contributed by atoms with E-state index in [-0.39, 0.29) is 18.0 Å². The van der Waals surface area contributed by atoms with Gasteiger partial charge >= 0.3 is 0 Å². The van der Waals surface area contributed by atoms with Crippen molar-refractivity contribution < 1.29 is 4.79 Å². The molecule has 0 atom stereocenters. The molecular formula is C20H27N3O2. The molecule has 1 aliphatic rings. The number of fused-ring (bicyclic) bond motifs is 1. The third-order valence-electron chi connectivity index (χ3n) is 5.17. The number of nitrogens with zero attached hydrogens (tertiary/aromatic N) is 2. The van der Waals surface area contributed by atoms with Crippen LogP contribution >= 0.6 is 0 Å². The maximum absolute atomic E-state index is 12.6. The molecular weight excluding hydrogens is 314 g/mol. The van der Waals surface area contributed by atoms with Crippen molar-refractivity contribution in [3.8, 4) is 0 Å². The molecule has 0 radical (unpaired) electrons. The second-order valence-electron chi connectivity index (χ2n) is 7.08. The van der Waals surface area contributed by atoms with E-state index in [0.29, 0.717) is 29.2 Å². The minimum atomic E-state index is -0.149. The lowest BCUT2D eigenvalue weighted by Gasteiger charge is -2.20. The lowest BCUT2D eigenvalue weighted by atomic mass is 9.91. The zero-order chi connectivity index (χ0) is 17.6. The quantitative estimate of drug-likeness (QED) is 0.929. The van der Waals surface area contributed by atoms with Gasteiger partial charge in [-0.05, 0) is 37.8 Å². The van der Waals surface area contributed by atoms with Crippen molar-refractivity contribution >= 4 is 16.8 Å². The van der Waals surface area contributed by atoms with E-state index >= 15 is 0 Å². The van der Waals surface area contributed by atoms with Crippen molar-refractivity contribution in [1.82, 2.24) is 14.9 Å². The van der Waals surface area contributed by atoms with Crippen LogP contribution in [-0.2, 0) is 11.3 Å². The fraction of sp³-hybridized carbons (Fsp3) is 0.550. The van der Waals surface area contributed by atoms with E-state index in [9.17, 15) is 9.59 Å². The smallest absolute Gasteiger partial charge is 0.261 e. The van der Waals surface area contributed by atoms with E-state index in [2.05, 4.69) is 10.3 Å². The Morgan fingerprint density at radius 2 is 1.84 bits per heavy atom. The third-order valence-corrected chi connectivity index (χ3v) is 5.17. The molecule has 1 N–H and O–H groups in total. The predicted molar refractivity (Wildman–Crippen MR) is 99.6 cm³/mol. The van der Waals surface area contributed by atoms with Gasteiger partial charge in [0.25, 0.3) is 5.56 Å². The first-order valence-electron chi connectivity index (χ1n) is 9.38. The summed E-state index contributed by atoms with van der Waals surface area (Å²) < 4.78 is 1.47. The molecule has 0 bridgehead atoms. The highest BCUT2D eigenvalue weighted by Gasteiger charge is 2.14. The Labute approximate surface area is 148 Å². The van der Waals surface area contributed by atoms with Crippen LogP contribution in [0, 0.1) is 12.8 Å². The fourth-order valence-corrected chi connectivity index (χ4v) is 3.67. The number of nitrogens with one attached hydrogen (secondary N) is 1. The molecule has 3 rings (SSSR count). The number of amides is 1. The van der Waals surface area contributed by atoms with Gasteiger partial charge in [0, 0.05) is 6.54 Å². The minimum absolute atomic E-state index is 0.0369. The molecule has 1 aromatic carbocycles. The molecule has 1 heterocycles. The van der Waals surface area contributed by atoms with Gasteiger partial charge in [-0.3, -0.25) is 14.2 Å². The number of carbonyl (C=O) groups is 1. The van der Waals surface area contributed by atoms with Crippen LogP contribution in [0.15, 0.2) is 29.1 Å². The molecule has 0 saturated heterocycles. The van der Waals surface area contributed by atoms with Gasteiger partial charge in [0.2, 0.25) is 5.91 Å². The van der Waals surface area contributed by atoms with E-state index in [1.807, 2.05) is 18.2 Å². The predicted octanol–water partition coefficient (Wildman–Crippen LogP) is 3.18. The maximum Gasteiger partial charge on any atom is 0.261 e. The van der Waals surface area contributed by atoms with Gasteiger partial charge < -0.3 is 5.32 Å². The first-order valence-corrected chi connectivity index (χ1v) is 9.38. The summed E-state index contributed by atoms with van der Waals surface area (Å²) in [4.78, 5) is 29.4. The molecule has 2 aromatic rings. The van der Waals surface area contributed by atoms with Crippen molar-refractivity contribution in [3.05, 3.63) is 40.4 Å². The SMILES string of the molecule is Cc1nc2ccccc2c(=O)n1CC(=O)NCC1CCCCCCC1. The monoisotopic (exact) mass is 341 g/mol. The van der Waals surface area contributed by atoms with Crippen LogP contribution < -0.4 is 10.9 Å². The summed E-state index contributed by atoms with van der Waals surface area (Å²) in [6.45, 7) is 2.53. The van der Waals surface area contributed by atoms with E-state index in [4.69, 9.17) is 0 Å². The lowest BCUT2D eigenvalue weighted by Crippen LogP contribution is -2.36. The Bertz CT molecular complexity index is 789. The third kappa shape index (κ3) is 4.47. The van der Waals surface area contributed by atoms with Crippen molar-refractivity contribution in [2.24, 2.45) is 5.92 Å². The Morgan fingerprint density at radius 3 is 2.60 bits per heavy atom. The second kappa shape index (κ2) is 8.28. The summed E-state index contributed by atoms with van der Waals surface area (Å²) in [6.07, 6.45) is 8.86. The fourth-order valence-electron chi connectivity index (χ4n) is 3.67. The second-order valence-corrected chi connectivity index (χ2v) is 7.08. The highest BCUT2D eigenvalue weighted by atomic mass is 16.2. The summed E-state index contributed by atoms with van der Waals surface area (Å²) in [5, 5.41) is 3.58. The largest absolute Gasteiger partial charge is 0.354 e. The van der Waals surface area contributed by atoms with Crippen LogP contribution in [0.5, 0.6) is 0 Å². The highest BCUT2D eigenvalue weighted by molar-refractivity contribution is 5.79. The Kier molecular flexibility index (Phi) is 5.84. The van der Waals surface area contributed by atoms with Gasteiger partial charge in [-0.1, -0.05) is 44.2 Å². The van der Waals surface area contributed by atoms with Crippen LogP contribution in [0.1, 0.15) is 50.8 Å². The normalized spacial score (nSPS) is 16.4. The van der Waals surface area contributed by atoms with Crippen molar-refractivity contribution in [3.63, 3.8) is 0 Å². The number of hydrogen-bond donors (Lipinski definition) is 1. The molecule has 1 fully saturated rings. The Hall–Kier alpha value is -2.17.